The van der Waals surface area contributed by atoms with Crippen LogP contribution in [0.3, 0.4) is 0 Å². The Kier molecular flexibility index (Phi) is 5.08. The number of aromatic nitrogens is 2. The highest BCUT2D eigenvalue weighted by Crippen LogP contribution is 2.46. The minimum absolute atomic E-state index is 0.0901. The Morgan fingerprint density at radius 2 is 2.06 bits per heavy atom. The van der Waals surface area contributed by atoms with Gasteiger partial charge in [-0.3, -0.25) is 5.41 Å². The van der Waals surface area contributed by atoms with Gasteiger partial charge < -0.3 is 20.1 Å². The third kappa shape index (κ3) is 3.70. The van der Waals surface area contributed by atoms with Crippen molar-refractivity contribution in [1.82, 2.24) is 9.97 Å². The summed E-state index contributed by atoms with van der Waals surface area (Å²) in [6, 6.07) is 10.2. The standard InChI is InChI=1S/C23H21F2N5O2/c24-14-5-7-30(11-14)21-9-17-18(12-31-23(26)27)16-8-13(15-2-1-6-28-22(15)25)3-4-19(16)32-20(17)10-29-21/h1-4,6,8-10,14,18H,5,7,11-12H2,(H3,26,27). The van der Waals surface area contributed by atoms with Gasteiger partial charge in [0.1, 0.15) is 30.1 Å². The average Bonchev–Trinajstić information content (AvgIpc) is 3.22. The highest BCUT2D eigenvalue weighted by atomic mass is 19.1. The van der Waals surface area contributed by atoms with Gasteiger partial charge in [0.15, 0.2) is 0 Å². The molecule has 1 saturated heterocycles. The Balaban J connectivity index is 1.57. The van der Waals surface area contributed by atoms with E-state index in [4.69, 9.17) is 20.6 Å². The molecule has 7 nitrogen and oxygen atoms in total. The number of nitrogens with zero attached hydrogens (tertiary/aromatic N) is 3. The zero-order chi connectivity index (χ0) is 22.2. The van der Waals surface area contributed by atoms with Gasteiger partial charge in [-0.05, 0) is 42.3 Å². The van der Waals surface area contributed by atoms with E-state index in [1.165, 1.54) is 6.20 Å². The fourth-order valence-electron chi connectivity index (χ4n) is 4.22. The number of benzene rings is 1. The van der Waals surface area contributed by atoms with E-state index in [1.54, 1.807) is 30.5 Å². The molecule has 0 spiro atoms. The van der Waals surface area contributed by atoms with Gasteiger partial charge in [-0.2, -0.15) is 4.39 Å². The molecule has 3 aromatic rings. The number of hydrogen-bond donors (Lipinski definition) is 2. The van der Waals surface area contributed by atoms with Crippen LogP contribution in [0.1, 0.15) is 23.5 Å². The molecular weight excluding hydrogens is 416 g/mol. The Hall–Kier alpha value is -3.75. The molecule has 0 aliphatic carbocycles. The highest BCUT2D eigenvalue weighted by molar-refractivity contribution is 5.69. The molecule has 2 aliphatic heterocycles. The maximum absolute atomic E-state index is 14.3. The van der Waals surface area contributed by atoms with Crippen molar-refractivity contribution in [3.05, 3.63) is 65.9 Å². The third-order valence-electron chi connectivity index (χ3n) is 5.79. The number of amidine groups is 1. The normalized spacial score (nSPS) is 19.1. The molecule has 2 aromatic heterocycles. The van der Waals surface area contributed by atoms with Gasteiger partial charge in [-0.15, -0.1) is 0 Å². The maximum atomic E-state index is 14.3. The number of ether oxygens (including phenoxy) is 2. The van der Waals surface area contributed by atoms with E-state index in [1.807, 2.05) is 17.0 Å². The number of halogens is 2. The second-order valence-corrected chi connectivity index (χ2v) is 7.84. The first kappa shape index (κ1) is 20.2. The summed E-state index contributed by atoms with van der Waals surface area (Å²) in [5.41, 5.74) is 8.01. The minimum Gasteiger partial charge on any atom is -0.465 e. The van der Waals surface area contributed by atoms with Crippen LogP contribution in [-0.4, -0.2) is 41.9 Å². The van der Waals surface area contributed by atoms with E-state index in [-0.39, 0.29) is 12.5 Å². The number of anilines is 1. The van der Waals surface area contributed by atoms with Gasteiger partial charge in [-0.25, -0.2) is 14.4 Å². The quantitative estimate of drug-likeness (QED) is 0.364. The van der Waals surface area contributed by atoms with Crippen LogP contribution >= 0.6 is 0 Å². The van der Waals surface area contributed by atoms with Crippen LogP contribution in [0, 0.1) is 11.4 Å². The van der Waals surface area contributed by atoms with Crippen LogP contribution in [0.15, 0.2) is 48.8 Å². The molecule has 5 rings (SSSR count). The average molecular weight is 437 g/mol. The molecule has 164 valence electrons. The molecule has 4 heterocycles. The molecule has 0 saturated carbocycles. The van der Waals surface area contributed by atoms with E-state index >= 15 is 0 Å². The predicted molar refractivity (Wildman–Crippen MR) is 115 cm³/mol. The lowest BCUT2D eigenvalue weighted by atomic mass is 9.87. The van der Waals surface area contributed by atoms with Crippen LogP contribution in [0.5, 0.6) is 11.5 Å². The summed E-state index contributed by atoms with van der Waals surface area (Å²) in [4.78, 5) is 10.1. The van der Waals surface area contributed by atoms with Crippen molar-refractivity contribution < 1.29 is 18.3 Å². The monoisotopic (exact) mass is 437 g/mol. The Morgan fingerprint density at radius 1 is 1.22 bits per heavy atom. The predicted octanol–water partition coefficient (Wildman–Crippen LogP) is 3.98. The first-order valence-electron chi connectivity index (χ1n) is 10.3. The van der Waals surface area contributed by atoms with Gasteiger partial charge in [0, 0.05) is 29.4 Å². The molecule has 2 aliphatic rings. The first-order valence-corrected chi connectivity index (χ1v) is 10.3. The molecule has 1 aromatic carbocycles. The second-order valence-electron chi connectivity index (χ2n) is 7.84. The Bertz CT molecular complexity index is 1190. The highest BCUT2D eigenvalue weighted by Gasteiger charge is 2.31. The number of fused-ring (bicyclic) bond motifs is 2. The van der Waals surface area contributed by atoms with E-state index in [9.17, 15) is 8.78 Å². The van der Waals surface area contributed by atoms with Gasteiger partial charge in [0.25, 0.3) is 6.02 Å². The summed E-state index contributed by atoms with van der Waals surface area (Å²) >= 11 is 0. The SMILES string of the molecule is N=C(N)OCC1c2cc(-c3cccnc3F)ccc2Oc2cnc(N3CCC(F)C3)cc21. The van der Waals surface area contributed by atoms with Gasteiger partial charge in [0.2, 0.25) is 5.95 Å². The van der Waals surface area contributed by atoms with Crippen LogP contribution in [-0.2, 0) is 4.74 Å². The fraction of sp³-hybridized carbons (Fsp3) is 0.261. The first-order chi connectivity index (χ1) is 15.5. The van der Waals surface area contributed by atoms with Crippen molar-refractivity contribution in [1.29, 1.82) is 5.41 Å². The van der Waals surface area contributed by atoms with E-state index in [0.29, 0.717) is 48.0 Å². The van der Waals surface area contributed by atoms with E-state index in [0.717, 1.165) is 11.1 Å². The summed E-state index contributed by atoms with van der Waals surface area (Å²) < 4.78 is 39.5. The van der Waals surface area contributed by atoms with Crippen molar-refractivity contribution >= 4 is 11.8 Å². The topological polar surface area (TPSA) is 97.4 Å². The van der Waals surface area contributed by atoms with Crippen molar-refractivity contribution in [2.45, 2.75) is 18.5 Å². The van der Waals surface area contributed by atoms with Crippen LogP contribution in [0.2, 0.25) is 0 Å². The van der Waals surface area contributed by atoms with Crippen LogP contribution in [0.25, 0.3) is 11.1 Å². The summed E-state index contributed by atoms with van der Waals surface area (Å²) in [6.45, 7) is 0.971. The number of hydrogen-bond acceptors (Lipinski definition) is 6. The maximum Gasteiger partial charge on any atom is 0.279 e. The fourth-order valence-corrected chi connectivity index (χ4v) is 4.22. The van der Waals surface area contributed by atoms with E-state index < -0.39 is 18.1 Å². The van der Waals surface area contributed by atoms with Crippen LogP contribution in [0.4, 0.5) is 14.6 Å². The summed E-state index contributed by atoms with van der Waals surface area (Å²) in [5, 5.41) is 7.49. The molecule has 9 heteroatoms. The number of nitrogens with one attached hydrogen (secondary N) is 1. The molecule has 2 unspecified atom stereocenters. The van der Waals surface area contributed by atoms with Gasteiger partial charge in [-0.1, -0.05) is 6.07 Å². The van der Waals surface area contributed by atoms with Crippen molar-refractivity contribution in [2.24, 2.45) is 5.73 Å². The van der Waals surface area contributed by atoms with Gasteiger partial charge in [0.05, 0.1) is 18.7 Å². The summed E-state index contributed by atoms with van der Waals surface area (Å²) in [7, 11) is 0. The number of alkyl halides is 1. The van der Waals surface area contributed by atoms with E-state index in [2.05, 4.69) is 9.97 Å². The molecule has 0 radical (unpaired) electrons. The molecule has 1 fully saturated rings. The molecule has 2 atom stereocenters. The number of pyridine rings is 2. The molecule has 32 heavy (non-hydrogen) atoms. The molecular formula is C23H21F2N5O2. The van der Waals surface area contributed by atoms with Crippen molar-refractivity contribution in [3.63, 3.8) is 0 Å². The summed E-state index contributed by atoms with van der Waals surface area (Å²) in [6.07, 6.45) is 2.61. The van der Waals surface area contributed by atoms with Crippen molar-refractivity contribution in [3.8, 4) is 22.6 Å². The zero-order valence-electron chi connectivity index (χ0n) is 17.1. The largest absolute Gasteiger partial charge is 0.465 e. The zero-order valence-corrected chi connectivity index (χ0v) is 17.1. The lowest BCUT2D eigenvalue weighted by molar-refractivity contribution is 0.274. The smallest absolute Gasteiger partial charge is 0.279 e. The molecule has 0 bridgehead atoms. The molecule has 0 amide bonds. The summed E-state index contributed by atoms with van der Waals surface area (Å²) in [5.74, 6) is 0.875. The van der Waals surface area contributed by atoms with Crippen LogP contribution < -0.4 is 15.4 Å². The lowest BCUT2D eigenvalue weighted by Crippen LogP contribution is -2.24. The van der Waals surface area contributed by atoms with Gasteiger partial charge >= 0.3 is 0 Å². The Labute approximate surface area is 183 Å². The molecule has 3 N–H and O–H groups in total. The number of nitrogens with two attached hydrogens (primary N) is 1. The second kappa shape index (κ2) is 8.07. The lowest BCUT2D eigenvalue weighted by Gasteiger charge is -2.29. The minimum atomic E-state index is -0.876. The van der Waals surface area contributed by atoms with Crippen molar-refractivity contribution in [2.75, 3.05) is 24.6 Å². The third-order valence-corrected chi connectivity index (χ3v) is 5.79. The number of rotatable bonds is 4. The Morgan fingerprint density at radius 3 is 2.81 bits per heavy atom.